The number of hydrogen-bond donors (Lipinski definition) is 2. The molecule has 0 bridgehead atoms. The molecule has 1 fully saturated rings. The van der Waals surface area contributed by atoms with E-state index in [1.165, 1.54) is 0 Å². The number of imidazole rings is 1. The van der Waals surface area contributed by atoms with Crippen molar-refractivity contribution in [3.8, 4) is 0 Å². The summed E-state index contributed by atoms with van der Waals surface area (Å²) < 4.78 is 1.03. The molecule has 2 N–H and O–H groups in total. The summed E-state index contributed by atoms with van der Waals surface area (Å²) in [6, 6.07) is 6.02. The number of anilines is 1. The third-order valence-electron chi connectivity index (χ3n) is 4.35. The van der Waals surface area contributed by atoms with E-state index in [0.717, 1.165) is 66.8 Å². The minimum Gasteiger partial charge on any atom is -0.356 e. The first-order valence-corrected chi connectivity index (χ1v) is 9.14. The van der Waals surface area contributed by atoms with E-state index < -0.39 is 0 Å². The van der Waals surface area contributed by atoms with Crippen LogP contribution >= 0.6 is 15.9 Å². The summed E-state index contributed by atoms with van der Waals surface area (Å²) in [5, 5.41) is 3.06. The molecule has 1 aliphatic heterocycles. The molecule has 1 saturated heterocycles. The normalized spacial score (nSPS) is 18.3. The maximum atomic E-state index is 12.3. The summed E-state index contributed by atoms with van der Waals surface area (Å²) in [6.07, 6.45) is 4.12. The van der Waals surface area contributed by atoms with Crippen LogP contribution < -0.4 is 10.2 Å². The lowest BCUT2D eigenvalue weighted by atomic mass is 9.97. The van der Waals surface area contributed by atoms with Crippen molar-refractivity contribution in [2.75, 3.05) is 24.5 Å². The van der Waals surface area contributed by atoms with E-state index in [1.807, 2.05) is 18.2 Å². The number of nitrogens with zero attached hydrogens (tertiary/aromatic N) is 2. The topological polar surface area (TPSA) is 61.0 Å². The van der Waals surface area contributed by atoms with Crippen LogP contribution in [0.3, 0.4) is 0 Å². The number of aromatic amines is 1. The summed E-state index contributed by atoms with van der Waals surface area (Å²) >= 11 is 3.48. The van der Waals surface area contributed by atoms with Gasteiger partial charge in [-0.2, -0.15) is 0 Å². The standard InChI is InChI=1S/C17H23BrN4O/c1-2-3-8-19-16(23)12-5-4-9-22(11-12)17-20-14-7-6-13(18)10-15(14)21-17/h6-7,10,12H,2-5,8-9,11H2,1H3,(H,19,23)(H,20,21)/t12-/m1/s1. The van der Waals surface area contributed by atoms with Crippen LogP contribution in [0.25, 0.3) is 11.0 Å². The highest BCUT2D eigenvalue weighted by molar-refractivity contribution is 9.10. The largest absolute Gasteiger partial charge is 0.356 e. The molecule has 0 saturated carbocycles. The first-order chi connectivity index (χ1) is 11.2. The van der Waals surface area contributed by atoms with Crippen LogP contribution in [0, 0.1) is 5.92 Å². The van der Waals surface area contributed by atoms with Crippen LogP contribution in [0.5, 0.6) is 0 Å². The SMILES string of the molecule is CCCCNC(=O)[C@@H]1CCCN(c2nc3ccc(Br)cc3[nH]2)C1. The van der Waals surface area contributed by atoms with E-state index in [4.69, 9.17) is 0 Å². The highest BCUT2D eigenvalue weighted by Gasteiger charge is 2.27. The number of nitrogens with one attached hydrogen (secondary N) is 2. The Kier molecular flexibility index (Phi) is 5.20. The molecule has 3 rings (SSSR count). The molecule has 5 nitrogen and oxygen atoms in total. The Balaban J connectivity index is 1.68. The predicted octanol–water partition coefficient (Wildman–Crippen LogP) is 3.46. The van der Waals surface area contributed by atoms with Gasteiger partial charge in [0.2, 0.25) is 11.9 Å². The molecule has 6 heteroatoms. The molecule has 124 valence electrons. The Morgan fingerprint density at radius 3 is 3.22 bits per heavy atom. The van der Waals surface area contributed by atoms with Gasteiger partial charge in [-0.05, 0) is 37.5 Å². The van der Waals surface area contributed by atoms with E-state index >= 15 is 0 Å². The molecule has 1 aromatic carbocycles. The van der Waals surface area contributed by atoms with Gasteiger partial charge < -0.3 is 15.2 Å². The van der Waals surface area contributed by atoms with Gasteiger partial charge >= 0.3 is 0 Å². The highest BCUT2D eigenvalue weighted by atomic mass is 79.9. The van der Waals surface area contributed by atoms with Crippen molar-refractivity contribution in [1.82, 2.24) is 15.3 Å². The van der Waals surface area contributed by atoms with E-state index in [0.29, 0.717) is 0 Å². The van der Waals surface area contributed by atoms with Crippen molar-refractivity contribution in [2.24, 2.45) is 5.92 Å². The Hall–Kier alpha value is -1.56. The molecule has 2 heterocycles. The lowest BCUT2D eigenvalue weighted by Crippen LogP contribution is -2.43. The van der Waals surface area contributed by atoms with Gasteiger partial charge in [-0.15, -0.1) is 0 Å². The average molecular weight is 379 g/mol. The van der Waals surface area contributed by atoms with E-state index in [9.17, 15) is 4.79 Å². The van der Waals surface area contributed by atoms with Crippen molar-refractivity contribution < 1.29 is 4.79 Å². The number of carbonyl (C=O) groups excluding carboxylic acids is 1. The highest BCUT2D eigenvalue weighted by Crippen LogP contribution is 2.25. The number of carbonyl (C=O) groups is 1. The maximum absolute atomic E-state index is 12.3. The molecule has 0 spiro atoms. The van der Waals surface area contributed by atoms with Gasteiger partial charge in [0.25, 0.3) is 0 Å². The van der Waals surface area contributed by atoms with Crippen LogP contribution in [0.15, 0.2) is 22.7 Å². The van der Waals surface area contributed by atoms with Crippen molar-refractivity contribution in [3.63, 3.8) is 0 Å². The van der Waals surface area contributed by atoms with Crippen molar-refractivity contribution in [3.05, 3.63) is 22.7 Å². The molecular formula is C17H23BrN4O. The van der Waals surface area contributed by atoms with Gasteiger partial charge in [0, 0.05) is 24.1 Å². The Labute approximate surface area is 145 Å². The minimum absolute atomic E-state index is 0.0561. The number of aromatic nitrogens is 2. The molecule has 0 unspecified atom stereocenters. The van der Waals surface area contributed by atoms with Crippen LogP contribution in [-0.4, -0.2) is 35.5 Å². The Bertz CT molecular complexity index is 684. The summed E-state index contributed by atoms with van der Waals surface area (Å²) in [5.74, 6) is 1.10. The zero-order valence-corrected chi connectivity index (χ0v) is 15.0. The van der Waals surface area contributed by atoms with Crippen molar-refractivity contribution in [2.45, 2.75) is 32.6 Å². The van der Waals surface area contributed by atoms with Crippen LogP contribution in [0.4, 0.5) is 5.95 Å². The number of halogens is 1. The van der Waals surface area contributed by atoms with E-state index in [-0.39, 0.29) is 11.8 Å². The molecule has 23 heavy (non-hydrogen) atoms. The van der Waals surface area contributed by atoms with E-state index in [2.05, 4.69) is 43.0 Å². The molecule has 0 aliphatic carbocycles. The third-order valence-corrected chi connectivity index (χ3v) is 4.85. The number of piperidine rings is 1. The number of fused-ring (bicyclic) bond motifs is 1. The van der Waals surface area contributed by atoms with Gasteiger partial charge in [0.1, 0.15) is 0 Å². The fraction of sp³-hybridized carbons (Fsp3) is 0.529. The summed E-state index contributed by atoms with van der Waals surface area (Å²) in [7, 11) is 0. The third kappa shape index (κ3) is 3.86. The minimum atomic E-state index is 0.0561. The number of rotatable bonds is 5. The van der Waals surface area contributed by atoms with Gasteiger partial charge in [-0.1, -0.05) is 29.3 Å². The number of amides is 1. The second kappa shape index (κ2) is 7.34. The van der Waals surface area contributed by atoms with Gasteiger partial charge in [-0.25, -0.2) is 4.98 Å². The molecular weight excluding hydrogens is 356 g/mol. The lowest BCUT2D eigenvalue weighted by molar-refractivity contribution is -0.125. The molecule has 2 aromatic rings. The van der Waals surface area contributed by atoms with Gasteiger partial charge in [0.15, 0.2) is 0 Å². The lowest BCUT2D eigenvalue weighted by Gasteiger charge is -2.31. The summed E-state index contributed by atoms with van der Waals surface area (Å²) in [6.45, 7) is 4.59. The molecule has 1 aromatic heterocycles. The zero-order chi connectivity index (χ0) is 16.2. The van der Waals surface area contributed by atoms with Crippen molar-refractivity contribution in [1.29, 1.82) is 0 Å². The zero-order valence-electron chi connectivity index (χ0n) is 13.4. The number of unbranched alkanes of at least 4 members (excludes halogenated alkanes) is 1. The molecule has 1 aliphatic rings. The summed E-state index contributed by atoms with van der Waals surface area (Å²) in [4.78, 5) is 22.5. The maximum Gasteiger partial charge on any atom is 0.224 e. The predicted molar refractivity (Wildman–Crippen MR) is 96.6 cm³/mol. The van der Waals surface area contributed by atoms with Crippen LogP contribution in [0.1, 0.15) is 32.6 Å². The average Bonchev–Trinajstić information content (AvgIpc) is 2.98. The fourth-order valence-electron chi connectivity index (χ4n) is 3.03. The second-order valence-corrected chi connectivity index (χ2v) is 7.07. The van der Waals surface area contributed by atoms with Crippen LogP contribution in [0.2, 0.25) is 0 Å². The molecule has 1 amide bonds. The Morgan fingerprint density at radius 2 is 2.39 bits per heavy atom. The number of H-pyrrole nitrogens is 1. The second-order valence-electron chi connectivity index (χ2n) is 6.15. The molecule has 1 atom stereocenters. The Morgan fingerprint density at radius 1 is 1.52 bits per heavy atom. The van der Waals surface area contributed by atoms with Crippen molar-refractivity contribution >= 4 is 38.8 Å². The van der Waals surface area contributed by atoms with Gasteiger partial charge in [0.05, 0.1) is 17.0 Å². The first-order valence-electron chi connectivity index (χ1n) is 8.35. The quantitative estimate of drug-likeness (QED) is 0.783. The van der Waals surface area contributed by atoms with Gasteiger partial charge in [-0.3, -0.25) is 4.79 Å². The summed E-state index contributed by atoms with van der Waals surface area (Å²) in [5.41, 5.74) is 1.97. The van der Waals surface area contributed by atoms with E-state index in [1.54, 1.807) is 0 Å². The smallest absolute Gasteiger partial charge is 0.224 e. The fourth-order valence-corrected chi connectivity index (χ4v) is 3.40. The number of benzene rings is 1. The molecule has 0 radical (unpaired) electrons. The monoisotopic (exact) mass is 378 g/mol. The van der Waals surface area contributed by atoms with Crippen LogP contribution in [-0.2, 0) is 4.79 Å². The number of hydrogen-bond acceptors (Lipinski definition) is 3. The first kappa shape index (κ1) is 16.3.